The highest BCUT2D eigenvalue weighted by atomic mass is 16.5. The van der Waals surface area contributed by atoms with Crippen molar-refractivity contribution in [2.24, 2.45) is 0 Å². The molecule has 1 aliphatic rings. The number of benzene rings is 1. The molecule has 0 N–H and O–H groups in total. The van der Waals surface area contributed by atoms with Crippen LogP contribution in [0.25, 0.3) is 0 Å². The highest BCUT2D eigenvalue weighted by molar-refractivity contribution is 5.96. The first-order chi connectivity index (χ1) is 9.65. The third kappa shape index (κ3) is 2.97. The van der Waals surface area contributed by atoms with Gasteiger partial charge in [-0.2, -0.15) is 5.26 Å². The van der Waals surface area contributed by atoms with Gasteiger partial charge < -0.3 is 4.74 Å². The normalized spacial score (nSPS) is 15.7. The van der Waals surface area contributed by atoms with Gasteiger partial charge in [0.15, 0.2) is 0 Å². The van der Waals surface area contributed by atoms with E-state index in [-0.39, 0.29) is 18.4 Å². The van der Waals surface area contributed by atoms with Crippen molar-refractivity contribution in [3.8, 4) is 11.8 Å². The maximum Gasteiger partial charge on any atom is 0.229 e. The van der Waals surface area contributed by atoms with Crippen LogP contribution in [0.4, 0.5) is 0 Å². The molecule has 1 aliphatic heterocycles. The Morgan fingerprint density at radius 3 is 2.45 bits per heavy atom. The third-order valence-corrected chi connectivity index (χ3v) is 3.37. The van der Waals surface area contributed by atoms with Gasteiger partial charge in [-0.3, -0.25) is 14.5 Å². The molecule has 0 spiro atoms. The number of amides is 2. The summed E-state index contributed by atoms with van der Waals surface area (Å²) in [5.41, 5.74) is 1.16. The first-order valence-corrected chi connectivity index (χ1v) is 6.56. The second-order valence-electron chi connectivity index (χ2n) is 4.72. The predicted molar refractivity (Wildman–Crippen MR) is 71.7 cm³/mol. The summed E-state index contributed by atoms with van der Waals surface area (Å²) in [6.45, 7) is 0.163. The van der Waals surface area contributed by atoms with Crippen molar-refractivity contribution in [1.82, 2.24) is 4.90 Å². The molecular weight excluding hydrogens is 256 g/mol. The van der Waals surface area contributed by atoms with Crippen molar-refractivity contribution < 1.29 is 14.3 Å². The van der Waals surface area contributed by atoms with Crippen LogP contribution in [-0.4, -0.2) is 23.8 Å². The molecule has 0 radical (unpaired) electrons. The lowest BCUT2D eigenvalue weighted by molar-refractivity contribution is -0.144. The monoisotopic (exact) mass is 272 g/mol. The highest BCUT2D eigenvalue weighted by Gasteiger charge is 2.25. The number of likely N-dealkylation sites (tertiary alicyclic amines) is 1. The van der Waals surface area contributed by atoms with Gasteiger partial charge in [-0.15, -0.1) is 0 Å². The molecular formula is C15H16N2O3. The quantitative estimate of drug-likeness (QED) is 0.789. The topological polar surface area (TPSA) is 70.4 Å². The van der Waals surface area contributed by atoms with Crippen LogP contribution >= 0.6 is 0 Å². The molecule has 0 aromatic heterocycles. The number of imide groups is 1. The maximum absolute atomic E-state index is 12.0. The molecule has 1 heterocycles. The lowest BCUT2D eigenvalue weighted by Crippen LogP contribution is -2.34. The molecule has 1 fully saturated rings. The molecule has 1 saturated heterocycles. The summed E-state index contributed by atoms with van der Waals surface area (Å²) in [6.07, 6.45) is 2.28. The number of hydrogen-bond donors (Lipinski definition) is 0. The number of carbonyl (C=O) groups is 2. The fourth-order valence-electron chi connectivity index (χ4n) is 2.28. The van der Waals surface area contributed by atoms with E-state index in [4.69, 9.17) is 10.00 Å². The van der Waals surface area contributed by atoms with Gasteiger partial charge >= 0.3 is 0 Å². The molecule has 20 heavy (non-hydrogen) atoms. The smallest absolute Gasteiger partial charge is 0.229 e. The van der Waals surface area contributed by atoms with Gasteiger partial charge in [-0.1, -0.05) is 0 Å². The molecule has 2 amide bonds. The van der Waals surface area contributed by atoms with Crippen molar-refractivity contribution in [2.45, 2.75) is 32.2 Å². The van der Waals surface area contributed by atoms with Crippen molar-refractivity contribution in [2.75, 3.05) is 7.11 Å². The van der Waals surface area contributed by atoms with Crippen LogP contribution in [0.2, 0.25) is 0 Å². The molecule has 0 unspecified atom stereocenters. The zero-order chi connectivity index (χ0) is 14.5. The Kier molecular flexibility index (Phi) is 4.36. The Bertz CT molecular complexity index is 557. The first-order valence-electron chi connectivity index (χ1n) is 6.56. The van der Waals surface area contributed by atoms with Crippen LogP contribution in [0.3, 0.4) is 0 Å². The lowest BCUT2D eigenvalue weighted by atomic mass is 10.1. The number of methoxy groups -OCH3 is 1. The molecule has 1 aromatic carbocycles. The number of hydrogen-bond acceptors (Lipinski definition) is 4. The average Bonchev–Trinajstić information content (AvgIpc) is 2.62. The van der Waals surface area contributed by atoms with Gasteiger partial charge in [-0.05, 0) is 31.0 Å². The van der Waals surface area contributed by atoms with Gasteiger partial charge in [-0.25, -0.2) is 0 Å². The summed E-state index contributed by atoms with van der Waals surface area (Å²) < 4.78 is 5.23. The van der Waals surface area contributed by atoms with Crippen molar-refractivity contribution in [3.63, 3.8) is 0 Å². The van der Waals surface area contributed by atoms with Crippen LogP contribution < -0.4 is 4.74 Å². The summed E-state index contributed by atoms with van der Waals surface area (Å²) in [5, 5.41) is 8.94. The fourth-order valence-corrected chi connectivity index (χ4v) is 2.28. The Morgan fingerprint density at radius 1 is 1.25 bits per heavy atom. The number of nitriles is 1. The molecule has 5 heteroatoms. The Hall–Kier alpha value is -2.35. The molecule has 2 rings (SSSR count). The van der Waals surface area contributed by atoms with Gasteiger partial charge in [0.1, 0.15) is 5.75 Å². The van der Waals surface area contributed by atoms with E-state index in [0.717, 1.165) is 12.8 Å². The first kappa shape index (κ1) is 14.1. The van der Waals surface area contributed by atoms with Gasteiger partial charge in [0.2, 0.25) is 11.8 Å². The largest absolute Gasteiger partial charge is 0.496 e. The van der Waals surface area contributed by atoms with Crippen LogP contribution in [-0.2, 0) is 16.1 Å². The van der Waals surface area contributed by atoms with E-state index < -0.39 is 0 Å². The Balaban J connectivity index is 2.29. The van der Waals surface area contributed by atoms with E-state index in [1.54, 1.807) is 18.2 Å². The van der Waals surface area contributed by atoms with Crippen LogP contribution in [0, 0.1) is 11.3 Å². The van der Waals surface area contributed by atoms with E-state index >= 15 is 0 Å². The van der Waals surface area contributed by atoms with Crippen LogP contribution in [0.5, 0.6) is 5.75 Å². The predicted octanol–water partition coefficient (Wildman–Crippen LogP) is 2.00. The molecule has 0 atom stereocenters. The van der Waals surface area contributed by atoms with E-state index in [9.17, 15) is 9.59 Å². The summed E-state index contributed by atoms with van der Waals surface area (Å²) in [4.78, 5) is 25.2. The minimum absolute atomic E-state index is 0.156. The molecule has 0 bridgehead atoms. The Labute approximate surface area is 117 Å². The van der Waals surface area contributed by atoms with Crippen molar-refractivity contribution in [1.29, 1.82) is 5.26 Å². The summed E-state index contributed by atoms with van der Waals surface area (Å²) >= 11 is 0. The number of nitrogens with zero attached hydrogens (tertiary/aromatic N) is 2. The van der Waals surface area contributed by atoms with Gasteiger partial charge in [0.25, 0.3) is 0 Å². The standard InChI is InChI=1S/C15H16N2O3/c1-20-13-7-6-11(9-16)8-12(13)10-17-14(18)4-2-3-5-15(17)19/h6-8H,2-5,10H2,1H3. The second-order valence-corrected chi connectivity index (χ2v) is 4.72. The summed E-state index contributed by atoms with van der Waals surface area (Å²) in [7, 11) is 1.52. The summed E-state index contributed by atoms with van der Waals surface area (Å²) in [5.74, 6) is 0.266. The van der Waals surface area contributed by atoms with Gasteiger partial charge in [0, 0.05) is 18.4 Å². The molecule has 0 saturated carbocycles. The summed E-state index contributed by atoms with van der Waals surface area (Å²) in [6, 6.07) is 7.03. The van der Waals surface area contributed by atoms with E-state index in [1.165, 1.54) is 12.0 Å². The van der Waals surface area contributed by atoms with Gasteiger partial charge in [0.05, 0.1) is 25.3 Å². The highest BCUT2D eigenvalue weighted by Crippen LogP contribution is 2.23. The van der Waals surface area contributed by atoms with E-state index in [2.05, 4.69) is 0 Å². The zero-order valence-electron chi connectivity index (χ0n) is 11.4. The number of ether oxygens (including phenoxy) is 1. The SMILES string of the molecule is COc1ccc(C#N)cc1CN1C(=O)CCCCC1=O. The van der Waals surface area contributed by atoms with Crippen molar-refractivity contribution >= 4 is 11.8 Å². The van der Waals surface area contributed by atoms with Crippen LogP contribution in [0.15, 0.2) is 18.2 Å². The Morgan fingerprint density at radius 2 is 1.90 bits per heavy atom. The zero-order valence-corrected chi connectivity index (χ0v) is 11.4. The minimum atomic E-state index is -0.156. The van der Waals surface area contributed by atoms with Crippen LogP contribution in [0.1, 0.15) is 36.8 Å². The molecule has 0 aliphatic carbocycles. The maximum atomic E-state index is 12.0. The second kappa shape index (κ2) is 6.20. The average molecular weight is 272 g/mol. The number of carbonyl (C=O) groups excluding carboxylic acids is 2. The lowest BCUT2D eigenvalue weighted by Gasteiger charge is -2.20. The molecule has 5 nitrogen and oxygen atoms in total. The van der Waals surface area contributed by atoms with Crippen molar-refractivity contribution in [3.05, 3.63) is 29.3 Å². The third-order valence-electron chi connectivity index (χ3n) is 3.37. The molecule has 1 aromatic rings. The molecule has 104 valence electrons. The van der Waals surface area contributed by atoms with E-state index in [0.29, 0.717) is 29.7 Å². The minimum Gasteiger partial charge on any atom is -0.496 e. The number of rotatable bonds is 3. The fraction of sp³-hybridized carbons (Fsp3) is 0.400. The van der Waals surface area contributed by atoms with E-state index in [1.807, 2.05) is 6.07 Å².